The van der Waals surface area contributed by atoms with Crippen LogP contribution in [0, 0.1) is 21.4 Å². The van der Waals surface area contributed by atoms with Crippen molar-refractivity contribution >= 4 is 38.9 Å². The molecule has 0 fully saturated rings. The predicted octanol–water partition coefficient (Wildman–Crippen LogP) is 3.84. The zero-order valence-corrected chi connectivity index (χ0v) is 15.0. The Morgan fingerprint density at radius 2 is 2.19 bits per heavy atom. The molecule has 2 aromatic heterocycles. The summed E-state index contributed by atoms with van der Waals surface area (Å²) in [5.41, 5.74) is 1.43. The van der Waals surface area contributed by atoms with Crippen LogP contribution in [0.3, 0.4) is 0 Å². The van der Waals surface area contributed by atoms with Crippen LogP contribution in [0.15, 0.2) is 29.1 Å². The minimum atomic E-state index is -0.494. The van der Waals surface area contributed by atoms with Crippen LogP contribution in [0.2, 0.25) is 0 Å². The third-order valence-corrected chi connectivity index (χ3v) is 5.78. The van der Waals surface area contributed by atoms with E-state index in [2.05, 4.69) is 9.97 Å². The number of nitrogens with zero attached hydrogens (tertiary/aromatic N) is 3. The molecule has 0 unspecified atom stereocenters. The summed E-state index contributed by atoms with van der Waals surface area (Å²) in [6.07, 6.45) is 5.51. The smallest absolute Gasteiger partial charge is 0.270 e. The number of benzene rings is 1. The summed E-state index contributed by atoms with van der Waals surface area (Å²) in [5.74, 6) is 0.181. The van der Waals surface area contributed by atoms with E-state index < -0.39 is 4.92 Å². The average Bonchev–Trinajstić information content (AvgIpc) is 3.05. The van der Waals surface area contributed by atoms with Crippen molar-refractivity contribution < 1.29 is 4.92 Å². The van der Waals surface area contributed by atoms with E-state index in [9.17, 15) is 20.2 Å². The summed E-state index contributed by atoms with van der Waals surface area (Å²) >= 11 is 1.51. The summed E-state index contributed by atoms with van der Waals surface area (Å²) in [6, 6.07) is 7.99. The first-order valence-electron chi connectivity index (χ1n) is 8.48. The Labute approximate surface area is 157 Å². The highest BCUT2D eigenvalue weighted by atomic mass is 32.1. The van der Waals surface area contributed by atoms with Crippen molar-refractivity contribution in [2.45, 2.75) is 25.7 Å². The van der Waals surface area contributed by atoms with Crippen LogP contribution in [0.5, 0.6) is 0 Å². The molecule has 0 spiro atoms. The molecule has 0 atom stereocenters. The van der Waals surface area contributed by atoms with Gasteiger partial charge in [0.15, 0.2) is 5.82 Å². The van der Waals surface area contributed by atoms with Crippen LogP contribution in [0.1, 0.15) is 34.7 Å². The third-order valence-electron chi connectivity index (χ3n) is 4.59. The number of fused-ring (bicyclic) bond motifs is 3. The molecule has 0 aliphatic heterocycles. The number of nitrogens with one attached hydrogen (secondary N) is 1. The lowest BCUT2D eigenvalue weighted by molar-refractivity contribution is -0.384. The van der Waals surface area contributed by atoms with E-state index in [-0.39, 0.29) is 22.6 Å². The standard InChI is InChI=1S/C19H14N4O3S/c20-10-12(8-11-4-3-5-13(9-11)23(25)26)17-21-18(24)16-14-6-1-2-7-15(14)27-19(16)22-17/h3-5,8-9H,1-2,6-7H2,(H,21,22,24)/b12-8-. The number of nitro benzene ring substituents is 1. The van der Waals surface area contributed by atoms with E-state index in [0.29, 0.717) is 15.8 Å². The number of non-ortho nitro benzene ring substituents is 1. The number of thiophene rings is 1. The summed E-state index contributed by atoms with van der Waals surface area (Å²) in [5, 5.41) is 21.1. The summed E-state index contributed by atoms with van der Waals surface area (Å²) in [7, 11) is 0. The van der Waals surface area contributed by atoms with E-state index >= 15 is 0 Å². The Balaban J connectivity index is 1.82. The van der Waals surface area contributed by atoms with E-state index in [0.717, 1.165) is 31.2 Å². The molecule has 27 heavy (non-hydrogen) atoms. The van der Waals surface area contributed by atoms with Crippen molar-refractivity contribution in [1.29, 1.82) is 5.26 Å². The largest absolute Gasteiger partial charge is 0.305 e. The fraction of sp³-hybridized carbons (Fsp3) is 0.211. The Hall–Kier alpha value is -3.31. The van der Waals surface area contributed by atoms with E-state index in [1.807, 2.05) is 6.07 Å². The highest BCUT2D eigenvalue weighted by molar-refractivity contribution is 7.18. The van der Waals surface area contributed by atoms with Gasteiger partial charge in [-0.1, -0.05) is 12.1 Å². The number of hydrogen-bond donors (Lipinski definition) is 1. The molecule has 4 rings (SSSR count). The quantitative estimate of drug-likeness (QED) is 0.423. The molecule has 0 radical (unpaired) electrons. The Kier molecular flexibility index (Phi) is 4.30. The molecule has 3 aromatic rings. The molecule has 1 aliphatic rings. The molecule has 2 heterocycles. The maximum Gasteiger partial charge on any atom is 0.270 e. The number of hydrogen-bond acceptors (Lipinski definition) is 6. The van der Waals surface area contributed by atoms with Gasteiger partial charge in [-0.15, -0.1) is 11.3 Å². The first-order valence-corrected chi connectivity index (χ1v) is 9.29. The minimum Gasteiger partial charge on any atom is -0.305 e. The summed E-state index contributed by atoms with van der Waals surface area (Å²) < 4.78 is 0. The molecular formula is C19H14N4O3S. The van der Waals surface area contributed by atoms with Crippen LogP contribution >= 0.6 is 11.3 Å². The van der Waals surface area contributed by atoms with Gasteiger partial charge in [-0.2, -0.15) is 5.26 Å². The molecule has 1 aliphatic carbocycles. The number of aromatic nitrogens is 2. The summed E-state index contributed by atoms with van der Waals surface area (Å²) in [6.45, 7) is 0. The Morgan fingerprint density at radius 1 is 1.37 bits per heavy atom. The molecule has 0 bridgehead atoms. The fourth-order valence-corrected chi connectivity index (χ4v) is 4.60. The van der Waals surface area contributed by atoms with Crippen molar-refractivity contribution in [3.63, 3.8) is 0 Å². The van der Waals surface area contributed by atoms with Gasteiger partial charge in [-0.3, -0.25) is 14.9 Å². The van der Waals surface area contributed by atoms with Gasteiger partial charge in [0.05, 0.1) is 15.9 Å². The molecule has 0 amide bonds. The van der Waals surface area contributed by atoms with Gasteiger partial charge in [0.25, 0.3) is 11.2 Å². The lowest BCUT2D eigenvalue weighted by Gasteiger charge is -2.09. The second-order valence-corrected chi connectivity index (χ2v) is 7.41. The molecule has 134 valence electrons. The maximum absolute atomic E-state index is 12.6. The minimum absolute atomic E-state index is 0.0659. The van der Waals surface area contributed by atoms with Crippen molar-refractivity contribution in [1.82, 2.24) is 9.97 Å². The van der Waals surface area contributed by atoms with Gasteiger partial charge >= 0.3 is 0 Å². The zero-order chi connectivity index (χ0) is 19.0. The van der Waals surface area contributed by atoms with Crippen LogP contribution < -0.4 is 5.56 Å². The molecule has 1 aromatic carbocycles. The number of rotatable bonds is 3. The number of nitro groups is 1. The fourth-order valence-electron chi connectivity index (χ4n) is 3.34. The van der Waals surface area contributed by atoms with Gasteiger partial charge in [-0.25, -0.2) is 4.98 Å². The van der Waals surface area contributed by atoms with Crippen LogP contribution in [-0.4, -0.2) is 14.9 Å². The van der Waals surface area contributed by atoms with Gasteiger partial charge < -0.3 is 4.98 Å². The first kappa shape index (κ1) is 17.1. The van der Waals surface area contributed by atoms with Crippen molar-refractivity contribution in [2.24, 2.45) is 0 Å². The lowest BCUT2D eigenvalue weighted by atomic mass is 9.97. The lowest BCUT2D eigenvalue weighted by Crippen LogP contribution is -2.12. The van der Waals surface area contributed by atoms with Crippen LogP contribution in [0.4, 0.5) is 5.69 Å². The van der Waals surface area contributed by atoms with Gasteiger partial charge in [0, 0.05) is 17.0 Å². The number of aromatic amines is 1. The molecule has 1 N–H and O–H groups in total. The molecule has 0 saturated heterocycles. The molecule has 0 saturated carbocycles. The SMILES string of the molecule is N#C/C(=C/c1cccc([N+](=O)[O-])c1)c1nc2sc3c(c2c(=O)[nH]1)CCCC3. The number of nitriles is 1. The number of H-pyrrole nitrogens is 1. The monoisotopic (exact) mass is 378 g/mol. The predicted molar refractivity (Wildman–Crippen MR) is 103 cm³/mol. The van der Waals surface area contributed by atoms with Gasteiger partial charge in [0.1, 0.15) is 10.9 Å². The van der Waals surface area contributed by atoms with Crippen LogP contribution in [-0.2, 0) is 12.8 Å². The Bertz CT molecular complexity index is 1200. The Morgan fingerprint density at radius 3 is 2.96 bits per heavy atom. The number of allylic oxidation sites excluding steroid dienone is 1. The highest BCUT2D eigenvalue weighted by Gasteiger charge is 2.20. The maximum atomic E-state index is 12.6. The normalized spacial score (nSPS) is 14.0. The number of aryl methyl sites for hydroxylation is 2. The van der Waals surface area contributed by atoms with Crippen LogP contribution in [0.25, 0.3) is 21.9 Å². The molecule has 7 nitrogen and oxygen atoms in total. The van der Waals surface area contributed by atoms with E-state index in [1.165, 1.54) is 34.4 Å². The van der Waals surface area contributed by atoms with Crippen molar-refractivity contribution in [3.8, 4) is 6.07 Å². The highest BCUT2D eigenvalue weighted by Crippen LogP contribution is 2.34. The van der Waals surface area contributed by atoms with Crippen molar-refractivity contribution in [2.75, 3.05) is 0 Å². The molecular weight excluding hydrogens is 364 g/mol. The molecule has 8 heteroatoms. The third kappa shape index (κ3) is 3.13. The average molecular weight is 378 g/mol. The van der Waals surface area contributed by atoms with E-state index in [4.69, 9.17) is 0 Å². The second-order valence-electron chi connectivity index (χ2n) is 6.33. The van der Waals surface area contributed by atoms with Gasteiger partial charge in [-0.05, 0) is 42.9 Å². The van der Waals surface area contributed by atoms with Gasteiger partial charge in [0.2, 0.25) is 0 Å². The summed E-state index contributed by atoms with van der Waals surface area (Å²) in [4.78, 5) is 32.1. The van der Waals surface area contributed by atoms with Crippen molar-refractivity contribution in [3.05, 3.63) is 66.6 Å². The zero-order valence-electron chi connectivity index (χ0n) is 14.2. The topological polar surface area (TPSA) is 113 Å². The van der Waals surface area contributed by atoms with E-state index in [1.54, 1.807) is 12.1 Å². The second kappa shape index (κ2) is 6.78. The first-order chi connectivity index (χ1) is 13.1.